The van der Waals surface area contributed by atoms with E-state index in [0.29, 0.717) is 6.04 Å². The van der Waals surface area contributed by atoms with Crippen LogP contribution in [0.4, 0.5) is 0 Å². The molecule has 0 aromatic rings. The van der Waals surface area contributed by atoms with Crippen molar-refractivity contribution in [2.75, 3.05) is 19.8 Å². The summed E-state index contributed by atoms with van der Waals surface area (Å²) in [5.41, 5.74) is 0. The number of rotatable bonds is 0. The molecule has 58 valence electrons. The van der Waals surface area contributed by atoms with E-state index in [1.54, 1.807) is 0 Å². The predicted octanol–water partition coefficient (Wildman–Crippen LogP) is 0.775. The molecule has 0 unspecified atom stereocenters. The minimum atomic E-state index is 0.660. The highest BCUT2D eigenvalue weighted by Crippen LogP contribution is 2.18. The largest absolute Gasteiger partial charge is 0.379 e. The Balaban J connectivity index is 2.01. The van der Waals surface area contributed by atoms with Gasteiger partial charge in [0.2, 0.25) is 0 Å². The normalized spacial score (nSPS) is 40.8. The molecule has 2 heterocycles. The summed E-state index contributed by atoms with van der Waals surface area (Å²) in [6.07, 6.45) is 4.08. The summed E-state index contributed by atoms with van der Waals surface area (Å²) in [5, 5.41) is 3.52. The first-order valence-corrected chi connectivity index (χ1v) is 4.26. The molecule has 2 nitrogen and oxygen atoms in total. The quantitative estimate of drug-likeness (QED) is 0.538. The van der Waals surface area contributed by atoms with E-state index in [1.165, 1.54) is 25.8 Å². The summed E-state index contributed by atoms with van der Waals surface area (Å²) < 4.78 is 5.50. The van der Waals surface area contributed by atoms with Crippen LogP contribution in [-0.4, -0.2) is 25.8 Å². The summed E-state index contributed by atoms with van der Waals surface area (Å²) >= 11 is 0. The van der Waals surface area contributed by atoms with Gasteiger partial charge >= 0.3 is 0 Å². The molecule has 2 aliphatic rings. The minimum Gasteiger partial charge on any atom is -0.379 e. The first kappa shape index (κ1) is 6.62. The molecular formula is C8H15NO. The number of nitrogens with one attached hydrogen (secondary N) is 1. The van der Waals surface area contributed by atoms with Gasteiger partial charge in [0.15, 0.2) is 0 Å². The molecule has 2 bridgehead atoms. The zero-order valence-corrected chi connectivity index (χ0v) is 6.31. The molecule has 0 radical (unpaired) electrons. The van der Waals surface area contributed by atoms with Gasteiger partial charge in [-0.25, -0.2) is 0 Å². The Morgan fingerprint density at radius 3 is 3.20 bits per heavy atom. The first-order chi connectivity index (χ1) is 4.95. The van der Waals surface area contributed by atoms with Crippen LogP contribution in [0.15, 0.2) is 0 Å². The van der Waals surface area contributed by atoms with Crippen molar-refractivity contribution in [3.63, 3.8) is 0 Å². The van der Waals surface area contributed by atoms with Crippen LogP contribution in [0.2, 0.25) is 0 Å². The molecule has 0 aromatic heterocycles. The fraction of sp³-hybridized carbons (Fsp3) is 1.00. The second kappa shape index (κ2) is 2.89. The molecule has 2 atom stereocenters. The lowest BCUT2D eigenvalue weighted by atomic mass is 10.0. The van der Waals surface area contributed by atoms with E-state index in [9.17, 15) is 0 Å². The van der Waals surface area contributed by atoms with Gasteiger partial charge < -0.3 is 10.1 Å². The predicted molar refractivity (Wildman–Crippen MR) is 40.0 cm³/mol. The molecule has 0 spiro atoms. The SMILES string of the molecule is C1C[C@H]2CN[C@@H](C1)COC2. The molecule has 0 aliphatic carbocycles. The maximum absolute atomic E-state index is 5.50. The van der Waals surface area contributed by atoms with Crippen molar-refractivity contribution < 1.29 is 4.74 Å². The third kappa shape index (κ3) is 1.32. The van der Waals surface area contributed by atoms with Gasteiger partial charge in [0, 0.05) is 12.6 Å². The second-order valence-electron chi connectivity index (χ2n) is 3.44. The smallest absolute Gasteiger partial charge is 0.0619 e. The lowest BCUT2D eigenvalue weighted by molar-refractivity contribution is 0.0930. The third-order valence-corrected chi connectivity index (χ3v) is 2.53. The average Bonchev–Trinajstić information content (AvgIpc) is 2.17. The van der Waals surface area contributed by atoms with Gasteiger partial charge in [0.25, 0.3) is 0 Å². The van der Waals surface area contributed by atoms with Gasteiger partial charge in [0.1, 0.15) is 0 Å². The Labute approximate surface area is 61.9 Å². The fourth-order valence-corrected chi connectivity index (χ4v) is 1.85. The van der Waals surface area contributed by atoms with Gasteiger partial charge in [-0.05, 0) is 18.8 Å². The lowest BCUT2D eigenvalue weighted by Gasteiger charge is -2.14. The van der Waals surface area contributed by atoms with Gasteiger partial charge in [-0.3, -0.25) is 0 Å². The van der Waals surface area contributed by atoms with Crippen molar-refractivity contribution in [1.29, 1.82) is 0 Å². The van der Waals surface area contributed by atoms with Crippen LogP contribution in [0.25, 0.3) is 0 Å². The summed E-state index contributed by atoms with van der Waals surface area (Å²) in [4.78, 5) is 0. The molecule has 2 saturated heterocycles. The molecular weight excluding hydrogens is 126 g/mol. The number of fused-ring (bicyclic) bond motifs is 3. The van der Waals surface area contributed by atoms with Crippen molar-refractivity contribution in [2.24, 2.45) is 5.92 Å². The summed E-state index contributed by atoms with van der Waals surface area (Å²) in [7, 11) is 0. The van der Waals surface area contributed by atoms with Crippen molar-refractivity contribution in [2.45, 2.75) is 25.3 Å². The molecule has 0 amide bonds. The van der Waals surface area contributed by atoms with E-state index in [-0.39, 0.29) is 0 Å². The van der Waals surface area contributed by atoms with Crippen molar-refractivity contribution >= 4 is 0 Å². The summed E-state index contributed by atoms with van der Waals surface area (Å²) in [5.74, 6) is 0.799. The van der Waals surface area contributed by atoms with Crippen LogP contribution in [0, 0.1) is 5.92 Å². The Bertz CT molecular complexity index is 93.8. The molecule has 2 aliphatic heterocycles. The number of ether oxygens (including phenoxy) is 1. The Kier molecular flexibility index (Phi) is 1.91. The monoisotopic (exact) mass is 141 g/mol. The molecule has 2 fully saturated rings. The second-order valence-corrected chi connectivity index (χ2v) is 3.44. The van der Waals surface area contributed by atoms with Crippen molar-refractivity contribution in [3.05, 3.63) is 0 Å². The summed E-state index contributed by atoms with van der Waals surface area (Å²) in [6.45, 7) is 3.12. The van der Waals surface area contributed by atoms with Crippen LogP contribution >= 0.6 is 0 Å². The molecule has 0 aromatic carbocycles. The maximum atomic E-state index is 5.50. The lowest BCUT2D eigenvalue weighted by Crippen LogP contribution is -2.30. The average molecular weight is 141 g/mol. The maximum Gasteiger partial charge on any atom is 0.0619 e. The standard InChI is InChI=1S/C8H15NO/c1-2-7-4-9-8(3-1)6-10-5-7/h7-9H,1-6H2/t7-,8-/m0/s1. The zero-order chi connectivity index (χ0) is 6.81. The van der Waals surface area contributed by atoms with Crippen molar-refractivity contribution in [1.82, 2.24) is 5.32 Å². The highest BCUT2D eigenvalue weighted by Gasteiger charge is 2.21. The topological polar surface area (TPSA) is 21.3 Å². The Morgan fingerprint density at radius 1 is 1.20 bits per heavy atom. The minimum absolute atomic E-state index is 0.660. The van der Waals surface area contributed by atoms with E-state index >= 15 is 0 Å². The fourth-order valence-electron chi connectivity index (χ4n) is 1.85. The van der Waals surface area contributed by atoms with Crippen molar-refractivity contribution in [3.8, 4) is 0 Å². The molecule has 10 heavy (non-hydrogen) atoms. The Hall–Kier alpha value is -0.0800. The van der Waals surface area contributed by atoms with E-state index in [4.69, 9.17) is 4.74 Å². The molecule has 2 rings (SSSR count). The third-order valence-electron chi connectivity index (χ3n) is 2.53. The summed E-state index contributed by atoms with van der Waals surface area (Å²) in [6, 6.07) is 0.660. The number of hydrogen-bond acceptors (Lipinski definition) is 2. The van der Waals surface area contributed by atoms with E-state index in [0.717, 1.165) is 19.1 Å². The van der Waals surface area contributed by atoms with Crippen LogP contribution < -0.4 is 5.32 Å². The van der Waals surface area contributed by atoms with Gasteiger partial charge in [-0.1, -0.05) is 6.42 Å². The van der Waals surface area contributed by atoms with Crippen LogP contribution in [-0.2, 0) is 4.74 Å². The van der Waals surface area contributed by atoms with E-state index in [1.807, 2.05) is 0 Å². The van der Waals surface area contributed by atoms with Crippen LogP contribution in [0.5, 0.6) is 0 Å². The number of hydrogen-bond donors (Lipinski definition) is 1. The highest BCUT2D eigenvalue weighted by atomic mass is 16.5. The molecule has 0 saturated carbocycles. The van der Waals surface area contributed by atoms with Crippen LogP contribution in [0.1, 0.15) is 19.3 Å². The zero-order valence-electron chi connectivity index (χ0n) is 6.31. The van der Waals surface area contributed by atoms with Gasteiger partial charge in [-0.2, -0.15) is 0 Å². The van der Waals surface area contributed by atoms with Gasteiger partial charge in [-0.15, -0.1) is 0 Å². The Morgan fingerprint density at radius 2 is 2.20 bits per heavy atom. The highest BCUT2D eigenvalue weighted by molar-refractivity contribution is 4.78. The first-order valence-electron chi connectivity index (χ1n) is 4.26. The van der Waals surface area contributed by atoms with E-state index in [2.05, 4.69) is 5.32 Å². The van der Waals surface area contributed by atoms with Gasteiger partial charge in [0.05, 0.1) is 13.2 Å². The molecule has 1 N–H and O–H groups in total. The van der Waals surface area contributed by atoms with E-state index < -0.39 is 0 Å². The van der Waals surface area contributed by atoms with Crippen LogP contribution in [0.3, 0.4) is 0 Å². The molecule has 2 heteroatoms.